The molecule has 3 N–H and O–H groups in total. The number of rotatable bonds is 2. The topological polar surface area (TPSA) is 94.8 Å². The molecule has 0 spiro atoms. The van der Waals surface area contributed by atoms with Crippen molar-refractivity contribution in [1.82, 2.24) is 0 Å². The van der Waals surface area contributed by atoms with E-state index in [-0.39, 0.29) is 46.2 Å². The van der Waals surface area contributed by atoms with E-state index in [0.29, 0.717) is 19.3 Å². The normalized spacial score (nSPS) is 46.9. The van der Waals surface area contributed by atoms with E-state index in [4.69, 9.17) is 0 Å². The fourth-order valence-corrected chi connectivity index (χ4v) is 7.28. The maximum Gasteiger partial charge on any atom is 0.190 e. The quantitative estimate of drug-likeness (QED) is 0.627. The van der Waals surface area contributed by atoms with Gasteiger partial charge < -0.3 is 15.3 Å². The van der Waals surface area contributed by atoms with Crippen LogP contribution in [-0.4, -0.2) is 53.6 Å². The zero-order valence-electron chi connectivity index (χ0n) is 16.3. The molecule has 0 heterocycles. The van der Waals surface area contributed by atoms with Gasteiger partial charge in [-0.15, -0.1) is 0 Å². The van der Waals surface area contributed by atoms with Crippen molar-refractivity contribution in [2.75, 3.05) is 6.61 Å². The lowest BCUT2D eigenvalue weighted by molar-refractivity contribution is -0.182. The largest absolute Gasteiger partial charge is 0.393 e. The summed E-state index contributed by atoms with van der Waals surface area (Å²) in [6.07, 6.45) is 5.74. The van der Waals surface area contributed by atoms with Crippen LogP contribution in [-0.2, 0) is 9.59 Å². The molecule has 4 aliphatic rings. The highest BCUT2D eigenvalue weighted by Gasteiger charge is 2.68. The second-order valence-corrected chi connectivity index (χ2v) is 9.56. The molecule has 0 aromatic rings. The first-order valence-corrected chi connectivity index (χ1v) is 9.96. The molecule has 0 aromatic carbocycles. The van der Waals surface area contributed by atoms with Crippen LogP contribution < -0.4 is 0 Å². The summed E-state index contributed by atoms with van der Waals surface area (Å²) in [5.74, 6) is 0.140. The van der Waals surface area contributed by atoms with E-state index in [1.165, 1.54) is 5.57 Å². The van der Waals surface area contributed by atoms with Crippen molar-refractivity contribution in [2.45, 2.75) is 77.9 Å². The number of aliphatic hydroxyl groups excluding tert-OH is 2. The number of hydrogen-bond acceptors (Lipinski definition) is 5. The minimum Gasteiger partial charge on any atom is -0.393 e. The maximum absolute atomic E-state index is 12.4. The number of carbonyl (C=O) groups is 2. The summed E-state index contributed by atoms with van der Waals surface area (Å²) in [6, 6.07) is 0. The molecule has 7 atom stereocenters. The first kappa shape index (κ1) is 23.3. The minimum absolute atomic E-state index is 0. The van der Waals surface area contributed by atoms with E-state index < -0.39 is 29.5 Å². The molecule has 3 fully saturated rings. The molecule has 28 heavy (non-hydrogen) atoms. The number of carbonyl (C=O) groups excluding carboxylic acids is 2. The van der Waals surface area contributed by atoms with Crippen LogP contribution in [0.2, 0.25) is 0 Å². The Balaban J connectivity index is 0.00000140. The van der Waals surface area contributed by atoms with Gasteiger partial charge in [0.15, 0.2) is 11.6 Å². The van der Waals surface area contributed by atoms with Crippen LogP contribution in [0.15, 0.2) is 11.6 Å². The predicted molar refractivity (Wildman–Crippen MR) is 110 cm³/mol. The Morgan fingerprint density at radius 2 is 1.93 bits per heavy atom. The number of allylic oxidation sites excluding steroid dienone is 1. The molecule has 4 unspecified atom stereocenters. The Kier molecular flexibility index (Phi) is 6.13. The third-order valence-electron chi connectivity index (χ3n) is 8.65. The standard InChI is InChI=1S/C21H30O5.CH4.B.H2/c1-19-7-5-13(23)9-12(19)3-4-14-15-6-8-21(26,17(25)11-22)20(15,2)10-16(24)18(14)19;;;/h9,14-16,18,22,24,26H,3-8,10-11H2,1-2H3;1H4;;1H/t14?,15?,16-,18?,19-,20-,21?;;;/m0.../s1/i;;;1+1. The van der Waals surface area contributed by atoms with Crippen LogP contribution in [0.25, 0.3) is 0 Å². The molecule has 3 saturated carbocycles. The van der Waals surface area contributed by atoms with Gasteiger partial charge in [0.25, 0.3) is 0 Å². The highest BCUT2D eigenvalue weighted by molar-refractivity contribution is 5.91. The van der Waals surface area contributed by atoms with E-state index in [0.717, 1.165) is 25.7 Å². The van der Waals surface area contributed by atoms with Crippen molar-refractivity contribution >= 4 is 20.0 Å². The molecule has 3 radical (unpaired) electrons. The Bertz CT molecular complexity index is 697. The third kappa shape index (κ3) is 2.78. The number of ketones is 2. The van der Waals surface area contributed by atoms with Crippen LogP contribution in [0.1, 0.15) is 67.6 Å². The van der Waals surface area contributed by atoms with E-state index in [9.17, 15) is 24.9 Å². The Hall–Kier alpha value is -0.975. The molecular formula is C22H36BO5. The molecule has 4 aliphatic carbocycles. The van der Waals surface area contributed by atoms with E-state index in [1.807, 2.05) is 6.92 Å². The average Bonchev–Trinajstić information content (AvgIpc) is 2.86. The van der Waals surface area contributed by atoms with Gasteiger partial charge in [0.05, 0.1) is 6.10 Å². The summed E-state index contributed by atoms with van der Waals surface area (Å²) in [7, 11) is 0. The third-order valence-corrected chi connectivity index (χ3v) is 8.65. The van der Waals surface area contributed by atoms with Gasteiger partial charge >= 0.3 is 0 Å². The van der Waals surface area contributed by atoms with Crippen LogP contribution in [0.4, 0.5) is 0 Å². The Morgan fingerprint density at radius 3 is 2.57 bits per heavy atom. The van der Waals surface area contributed by atoms with Crippen LogP contribution in [0, 0.1) is 28.6 Å². The summed E-state index contributed by atoms with van der Waals surface area (Å²) >= 11 is 0. The lowest BCUT2D eigenvalue weighted by Gasteiger charge is -2.60. The fourth-order valence-electron chi connectivity index (χ4n) is 7.28. The molecule has 5 nitrogen and oxygen atoms in total. The van der Waals surface area contributed by atoms with Crippen molar-refractivity contribution in [2.24, 2.45) is 28.6 Å². The van der Waals surface area contributed by atoms with Crippen LogP contribution in [0.5, 0.6) is 0 Å². The molecule has 0 saturated heterocycles. The average molecular weight is 392 g/mol. The summed E-state index contributed by atoms with van der Waals surface area (Å²) in [6.45, 7) is 3.46. The first-order chi connectivity index (χ1) is 12.2. The van der Waals surface area contributed by atoms with Gasteiger partial charge in [0.2, 0.25) is 0 Å². The van der Waals surface area contributed by atoms with Crippen LogP contribution >= 0.6 is 0 Å². The van der Waals surface area contributed by atoms with Crippen molar-refractivity contribution in [1.29, 1.82) is 0 Å². The van der Waals surface area contributed by atoms with Gasteiger partial charge in [-0.1, -0.05) is 26.8 Å². The highest BCUT2D eigenvalue weighted by atomic mass is 16.3. The smallest absolute Gasteiger partial charge is 0.190 e. The number of Topliss-reactive ketones (excluding diaryl/α,β-unsaturated/α-hetero) is 1. The van der Waals surface area contributed by atoms with E-state index in [1.54, 1.807) is 6.08 Å². The summed E-state index contributed by atoms with van der Waals surface area (Å²) in [5, 5.41) is 31.7. The van der Waals surface area contributed by atoms with E-state index >= 15 is 0 Å². The van der Waals surface area contributed by atoms with Crippen LogP contribution in [0.3, 0.4) is 0 Å². The van der Waals surface area contributed by atoms with Gasteiger partial charge in [-0.25, -0.2) is 0 Å². The lowest BCUT2D eigenvalue weighted by Crippen LogP contribution is -2.62. The summed E-state index contributed by atoms with van der Waals surface area (Å²) < 4.78 is 0. The molecule has 4 rings (SSSR count). The van der Waals surface area contributed by atoms with Crippen molar-refractivity contribution in [3.05, 3.63) is 11.6 Å². The SMILES string of the molecule is C.C[C@]12CCC(=O)C=C1CCC1C2[C@@H](O)C[C@@]2(C)C1CCC2(O)C(=O)CO.[2HH].[B]. The minimum atomic E-state index is -1.54. The number of aliphatic hydroxyl groups is 3. The van der Waals surface area contributed by atoms with Gasteiger partial charge in [0, 0.05) is 21.7 Å². The molecule has 0 aromatic heterocycles. The predicted octanol–water partition coefficient (Wildman–Crippen LogP) is 2.28. The molecule has 6 heteroatoms. The number of hydrogen-bond donors (Lipinski definition) is 3. The van der Waals surface area contributed by atoms with Gasteiger partial charge in [-0.3, -0.25) is 9.59 Å². The highest BCUT2D eigenvalue weighted by Crippen LogP contribution is 2.67. The van der Waals surface area contributed by atoms with Crippen molar-refractivity contribution in [3.8, 4) is 0 Å². The Labute approximate surface area is 171 Å². The summed E-state index contributed by atoms with van der Waals surface area (Å²) in [5.41, 5.74) is -1.23. The second-order valence-electron chi connectivity index (χ2n) is 9.56. The van der Waals surface area contributed by atoms with Crippen molar-refractivity contribution in [3.63, 3.8) is 0 Å². The fraction of sp³-hybridized carbons (Fsp3) is 0.818. The zero-order chi connectivity index (χ0) is 18.9. The van der Waals surface area contributed by atoms with Gasteiger partial charge in [-0.2, -0.15) is 0 Å². The first-order valence-electron chi connectivity index (χ1n) is 9.96. The zero-order valence-corrected chi connectivity index (χ0v) is 16.3. The molecular weight excluding hydrogens is 355 g/mol. The second kappa shape index (κ2) is 7.37. The van der Waals surface area contributed by atoms with Crippen molar-refractivity contribution < 1.29 is 26.3 Å². The maximum atomic E-state index is 12.4. The summed E-state index contributed by atoms with van der Waals surface area (Å²) in [4.78, 5) is 24.3. The molecule has 157 valence electrons. The number of fused-ring (bicyclic) bond motifs is 5. The molecule has 0 aliphatic heterocycles. The van der Waals surface area contributed by atoms with Gasteiger partial charge in [0.1, 0.15) is 12.2 Å². The molecule has 0 bridgehead atoms. The lowest BCUT2D eigenvalue weighted by atomic mass is 9.45. The molecule has 0 amide bonds. The monoisotopic (exact) mass is 392 g/mol. The van der Waals surface area contributed by atoms with Gasteiger partial charge in [-0.05, 0) is 67.8 Å². The van der Waals surface area contributed by atoms with E-state index in [2.05, 4.69) is 6.92 Å². The Morgan fingerprint density at radius 1 is 1.25 bits per heavy atom.